The largest absolute Gasteiger partial charge is 0.497 e. The third kappa shape index (κ3) is 3.85. The van der Waals surface area contributed by atoms with E-state index in [0.29, 0.717) is 36.5 Å². The van der Waals surface area contributed by atoms with Gasteiger partial charge in [0.05, 0.1) is 25.9 Å². The Labute approximate surface area is 165 Å². The number of aryl methyl sites for hydroxylation is 1. The first-order chi connectivity index (χ1) is 13.6. The number of rotatable bonds is 5. The van der Waals surface area contributed by atoms with Gasteiger partial charge in [-0.2, -0.15) is 4.98 Å². The number of urea groups is 1. The molecule has 0 aliphatic carbocycles. The minimum Gasteiger partial charge on any atom is -0.497 e. The quantitative estimate of drug-likeness (QED) is 0.680. The van der Waals surface area contributed by atoms with Gasteiger partial charge in [-0.1, -0.05) is 17.3 Å². The number of anilines is 1. The highest BCUT2D eigenvalue weighted by molar-refractivity contribution is 7.17. The SMILES string of the molecule is COc1ccc(CNC(=O)Nc2sc3c(c2-c2nc(C)no2)CCOC3)cc1. The van der Waals surface area contributed by atoms with Crippen molar-refractivity contribution in [3.05, 3.63) is 46.1 Å². The van der Waals surface area contributed by atoms with E-state index in [1.54, 1.807) is 14.0 Å². The van der Waals surface area contributed by atoms with Gasteiger partial charge < -0.3 is 19.3 Å². The first-order valence-corrected chi connectivity index (χ1v) is 9.66. The highest BCUT2D eigenvalue weighted by atomic mass is 32.1. The van der Waals surface area contributed by atoms with E-state index in [-0.39, 0.29) is 6.03 Å². The topological polar surface area (TPSA) is 98.5 Å². The van der Waals surface area contributed by atoms with Crippen LogP contribution in [0.4, 0.5) is 9.80 Å². The monoisotopic (exact) mass is 400 g/mol. The van der Waals surface area contributed by atoms with Crippen LogP contribution in [-0.4, -0.2) is 29.9 Å². The van der Waals surface area contributed by atoms with Crippen LogP contribution in [-0.2, 0) is 24.3 Å². The normalized spacial score (nSPS) is 13.1. The van der Waals surface area contributed by atoms with E-state index in [1.807, 2.05) is 24.3 Å². The van der Waals surface area contributed by atoms with E-state index in [2.05, 4.69) is 20.8 Å². The number of carbonyl (C=O) groups is 1. The second-order valence-corrected chi connectivity index (χ2v) is 7.42. The minimum absolute atomic E-state index is 0.298. The number of hydrogen-bond acceptors (Lipinski definition) is 7. The van der Waals surface area contributed by atoms with Crippen molar-refractivity contribution in [3.63, 3.8) is 0 Å². The number of benzene rings is 1. The summed E-state index contributed by atoms with van der Waals surface area (Å²) in [5, 5.41) is 10.4. The lowest BCUT2D eigenvalue weighted by atomic mass is 10.1. The molecule has 0 saturated heterocycles. The van der Waals surface area contributed by atoms with Gasteiger partial charge in [-0.15, -0.1) is 11.3 Å². The molecule has 0 bridgehead atoms. The molecular formula is C19H20N4O4S. The van der Waals surface area contributed by atoms with Crippen molar-refractivity contribution in [2.45, 2.75) is 26.5 Å². The van der Waals surface area contributed by atoms with Crippen LogP contribution in [0, 0.1) is 6.92 Å². The zero-order valence-corrected chi connectivity index (χ0v) is 16.4. The molecule has 0 unspecified atom stereocenters. The average Bonchev–Trinajstić information content (AvgIpc) is 3.29. The van der Waals surface area contributed by atoms with Gasteiger partial charge in [-0.3, -0.25) is 5.32 Å². The zero-order chi connectivity index (χ0) is 19.5. The van der Waals surface area contributed by atoms with Crippen LogP contribution < -0.4 is 15.4 Å². The second kappa shape index (κ2) is 7.99. The van der Waals surface area contributed by atoms with Crippen LogP contribution in [0.15, 0.2) is 28.8 Å². The summed E-state index contributed by atoms with van der Waals surface area (Å²) >= 11 is 1.48. The molecule has 3 aromatic rings. The Hall–Kier alpha value is -2.91. The van der Waals surface area contributed by atoms with Crippen molar-refractivity contribution in [2.75, 3.05) is 19.0 Å². The summed E-state index contributed by atoms with van der Waals surface area (Å²) in [7, 11) is 1.62. The van der Waals surface area contributed by atoms with E-state index in [9.17, 15) is 4.79 Å². The fourth-order valence-electron chi connectivity index (χ4n) is 3.02. The number of aromatic nitrogens is 2. The molecule has 1 aromatic carbocycles. The van der Waals surface area contributed by atoms with Crippen LogP contribution in [0.25, 0.3) is 11.5 Å². The van der Waals surface area contributed by atoms with Gasteiger partial charge in [-0.25, -0.2) is 4.79 Å². The lowest BCUT2D eigenvalue weighted by Crippen LogP contribution is -2.28. The molecular weight excluding hydrogens is 380 g/mol. The first-order valence-electron chi connectivity index (χ1n) is 8.85. The molecule has 2 N–H and O–H groups in total. The molecule has 0 radical (unpaired) electrons. The number of methoxy groups -OCH3 is 1. The van der Waals surface area contributed by atoms with Crippen molar-refractivity contribution in [1.82, 2.24) is 15.5 Å². The minimum atomic E-state index is -0.298. The third-order valence-electron chi connectivity index (χ3n) is 4.40. The van der Waals surface area contributed by atoms with Gasteiger partial charge in [0, 0.05) is 11.4 Å². The molecule has 0 fully saturated rings. The van der Waals surface area contributed by atoms with Crippen molar-refractivity contribution in [1.29, 1.82) is 0 Å². The Balaban J connectivity index is 1.50. The number of nitrogens with one attached hydrogen (secondary N) is 2. The van der Waals surface area contributed by atoms with Gasteiger partial charge in [0.2, 0.25) is 0 Å². The number of thiophene rings is 1. The Morgan fingerprint density at radius 1 is 1.32 bits per heavy atom. The van der Waals surface area contributed by atoms with E-state index in [4.69, 9.17) is 14.0 Å². The highest BCUT2D eigenvalue weighted by Crippen LogP contribution is 2.42. The number of amides is 2. The summed E-state index contributed by atoms with van der Waals surface area (Å²) in [6.45, 7) is 3.32. The predicted molar refractivity (Wildman–Crippen MR) is 105 cm³/mol. The molecule has 2 amide bonds. The Morgan fingerprint density at radius 3 is 2.86 bits per heavy atom. The number of hydrogen-bond donors (Lipinski definition) is 2. The van der Waals surface area contributed by atoms with Crippen LogP contribution in [0.1, 0.15) is 21.8 Å². The summed E-state index contributed by atoms with van der Waals surface area (Å²) in [6, 6.07) is 7.24. The molecule has 4 rings (SSSR count). The van der Waals surface area contributed by atoms with Crippen LogP contribution >= 0.6 is 11.3 Å². The number of ether oxygens (including phenoxy) is 2. The van der Waals surface area contributed by atoms with E-state index in [1.165, 1.54) is 11.3 Å². The Morgan fingerprint density at radius 2 is 2.14 bits per heavy atom. The number of fused-ring (bicyclic) bond motifs is 1. The smallest absolute Gasteiger partial charge is 0.320 e. The summed E-state index contributed by atoms with van der Waals surface area (Å²) in [5.74, 6) is 1.75. The molecule has 1 aliphatic rings. The van der Waals surface area contributed by atoms with Crippen LogP contribution in [0.5, 0.6) is 5.75 Å². The van der Waals surface area contributed by atoms with Crippen molar-refractivity contribution in [3.8, 4) is 17.2 Å². The van der Waals surface area contributed by atoms with Gasteiger partial charge in [-0.05, 0) is 36.6 Å². The summed E-state index contributed by atoms with van der Waals surface area (Å²) in [4.78, 5) is 17.9. The number of carbonyl (C=O) groups excluding carboxylic acids is 1. The summed E-state index contributed by atoms with van der Waals surface area (Å²) in [6.07, 6.45) is 0.748. The van der Waals surface area contributed by atoms with Crippen LogP contribution in [0.2, 0.25) is 0 Å². The van der Waals surface area contributed by atoms with Gasteiger partial charge in [0.1, 0.15) is 10.8 Å². The molecule has 146 valence electrons. The molecule has 28 heavy (non-hydrogen) atoms. The van der Waals surface area contributed by atoms with Gasteiger partial charge >= 0.3 is 6.03 Å². The number of nitrogens with zero attached hydrogens (tertiary/aromatic N) is 2. The third-order valence-corrected chi connectivity index (χ3v) is 5.52. The standard InChI is InChI=1S/C19H20N4O4S/c1-11-21-17(27-23-11)16-14-7-8-26-10-15(14)28-18(16)22-19(24)20-9-12-3-5-13(25-2)6-4-12/h3-6H,7-10H2,1-2H3,(H2,20,22,24). The molecule has 1 aliphatic heterocycles. The molecule has 0 spiro atoms. The van der Waals surface area contributed by atoms with Gasteiger partial charge in [0.15, 0.2) is 5.82 Å². The van der Waals surface area contributed by atoms with Gasteiger partial charge in [0.25, 0.3) is 5.89 Å². The first kappa shape index (κ1) is 18.5. The zero-order valence-electron chi connectivity index (χ0n) is 15.6. The van der Waals surface area contributed by atoms with E-state index < -0.39 is 0 Å². The average molecular weight is 400 g/mol. The summed E-state index contributed by atoms with van der Waals surface area (Å²) < 4.78 is 16.1. The Bertz CT molecular complexity index is 980. The molecule has 2 aromatic heterocycles. The highest BCUT2D eigenvalue weighted by Gasteiger charge is 2.26. The fraction of sp³-hybridized carbons (Fsp3) is 0.316. The second-order valence-electron chi connectivity index (χ2n) is 6.31. The lowest BCUT2D eigenvalue weighted by molar-refractivity contribution is 0.113. The van der Waals surface area contributed by atoms with Crippen molar-refractivity contribution < 1.29 is 18.8 Å². The predicted octanol–water partition coefficient (Wildman–Crippen LogP) is 3.51. The van der Waals surface area contributed by atoms with Crippen molar-refractivity contribution >= 4 is 22.4 Å². The Kier molecular flexibility index (Phi) is 5.27. The maximum Gasteiger partial charge on any atom is 0.320 e. The van der Waals surface area contributed by atoms with E-state index >= 15 is 0 Å². The molecule has 8 nitrogen and oxygen atoms in total. The lowest BCUT2D eigenvalue weighted by Gasteiger charge is -2.12. The molecule has 0 atom stereocenters. The fourth-order valence-corrected chi connectivity index (χ4v) is 4.19. The maximum atomic E-state index is 12.5. The van der Waals surface area contributed by atoms with E-state index in [0.717, 1.165) is 33.7 Å². The van der Waals surface area contributed by atoms with Crippen LogP contribution in [0.3, 0.4) is 0 Å². The van der Waals surface area contributed by atoms with Crippen molar-refractivity contribution in [2.24, 2.45) is 0 Å². The molecule has 9 heteroatoms. The summed E-state index contributed by atoms with van der Waals surface area (Å²) in [5.41, 5.74) is 2.87. The molecule has 3 heterocycles. The maximum absolute atomic E-state index is 12.5. The molecule has 0 saturated carbocycles.